The highest BCUT2D eigenvalue weighted by Crippen LogP contribution is 2.29. The minimum absolute atomic E-state index is 0.0165. The molecule has 0 amide bonds. The summed E-state index contributed by atoms with van der Waals surface area (Å²) in [4.78, 5) is 0.318. The van der Waals surface area contributed by atoms with Crippen molar-refractivity contribution in [2.24, 2.45) is 5.41 Å². The quantitative estimate of drug-likeness (QED) is 0.835. The van der Waals surface area contributed by atoms with Crippen molar-refractivity contribution < 1.29 is 13.2 Å². The first-order valence-electron chi connectivity index (χ1n) is 7.26. The minimum Gasteiger partial charge on any atom is -0.381 e. The molecule has 1 aromatic carbocycles. The van der Waals surface area contributed by atoms with Crippen molar-refractivity contribution in [2.45, 2.75) is 31.2 Å². The maximum absolute atomic E-state index is 12.3. The molecule has 21 heavy (non-hydrogen) atoms. The van der Waals surface area contributed by atoms with Crippen molar-refractivity contribution in [3.8, 4) is 0 Å². The Morgan fingerprint density at radius 1 is 1.19 bits per heavy atom. The van der Waals surface area contributed by atoms with Crippen molar-refractivity contribution >= 4 is 10.0 Å². The highest BCUT2D eigenvalue weighted by Gasteiger charge is 2.29. The molecule has 0 saturated carbocycles. The van der Waals surface area contributed by atoms with Gasteiger partial charge in [-0.25, -0.2) is 13.1 Å². The van der Waals surface area contributed by atoms with E-state index in [-0.39, 0.29) is 5.41 Å². The van der Waals surface area contributed by atoms with Gasteiger partial charge in [0.05, 0.1) is 4.90 Å². The molecule has 1 heterocycles. The molecule has 1 aliphatic rings. The Hall–Kier alpha value is -0.950. The fraction of sp³-hybridized carbons (Fsp3) is 0.600. The second-order valence-electron chi connectivity index (χ2n) is 5.92. The molecule has 0 aromatic heterocycles. The number of hydrogen-bond acceptors (Lipinski definition) is 4. The zero-order chi connectivity index (χ0) is 15.3. The summed E-state index contributed by atoms with van der Waals surface area (Å²) in [6.07, 6.45) is 1.77. The molecule has 2 N–H and O–H groups in total. The predicted molar refractivity (Wildman–Crippen MR) is 82.6 cm³/mol. The molecule has 1 fully saturated rings. The molecule has 0 bridgehead atoms. The van der Waals surface area contributed by atoms with E-state index in [1.807, 2.05) is 19.2 Å². The summed E-state index contributed by atoms with van der Waals surface area (Å²) in [5, 5.41) is 3.04. The predicted octanol–water partition coefficient (Wildman–Crippen LogP) is 1.50. The van der Waals surface area contributed by atoms with Crippen LogP contribution in [0.15, 0.2) is 29.2 Å². The average Bonchev–Trinajstić information content (AvgIpc) is 2.47. The van der Waals surface area contributed by atoms with Crippen LogP contribution < -0.4 is 10.0 Å². The van der Waals surface area contributed by atoms with Gasteiger partial charge >= 0.3 is 0 Å². The van der Waals surface area contributed by atoms with E-state index >= 15 is 0 Å². The van der Waals surface area contributed by atoms with Crippen LogP contribution in [0.3, 0.4) is 0 Å². The maximum atomic E-state index is 12.3. The Balaban J connectivity index is 2.00. The smallest absolute Gasteiger partial charge is 0.240 e. The zero-order valence-corrected chi connectivity index (χ0v) is 13.5. The molecule has 0 aliphatic carbocycles. The lowest BCUT2D eigenvalue weighted by atomic mass is 9.83. The van der Waals surface area contributed by atoms with Gasteiger partial charge < -0.3 is 10.1 Å². The molecule has 0 unspecified atom stereocenters. The fourth-order valence-electron chi connectivity index (χ4n) is 2.38. The van der Waals surface area contributed by atoms with Gasteiger partial charge in [-0.3, -0.25) is 0 Å². The zero-order valence-electron chi connectivity index (χ0n) is 12.7. The Bertz CT molecular complexity index is 549. The lowest BCUT2D eigenvalue weighted by Crippen LogP contribution is -2.39. The molecule has 118 valence electrons. The summed E-state index contributed by atoms with van der Waals surface area (Å²) in [5.41, 5.74) is 1.05. The number of sulfonamides is 1. The molecular formula is C15H24N2O3S. The van der Waals surface area contributed by atoms with E-state index in [4.69, 9.17) is 4.74 Å². The summed E-state index contributed by atoms with van der Waals surface area (Å²) in [5.74, 6) is 0. The van der Waals surface area contributed by atoms with Crippen LogP contribution in [-0.4, -0.2) is 35.2 Å². The molecule has 2 rings (SSSR count). The third-order valence-electron chi connectivity index (χ3n) is 4.00. The standard InChI is InChI=1S/C15H24N2O3S/c1-15(7-9-20-10-8-15)12-17-21(18,19)14-5-3-13(4-6-14)11-16-2/h3-6,16-17H,7-12H2,1-2H3. The van der Waals surface area contributed by atoms with Crippen LogP contribution in [-0.2, 0) is 21.3 Å². The van der Waals surface area contributed by atoms with Crippen LogP contribution in [0, 0.1) is 5.41 Å². The number of benzene rings is 1. The minimum atomic E-state index is -3.44. The van der Waals surface area contributed by atoms with Crippen molar-refractivity contribution in [3.05, 3.63) is 29.8 Å². The number of hydrogen-bond donors (Lipinski definition) is 2. The Labute approximate surface area is 127 Å². The number of rotatable bonds is 6. The summed E-state index contributed by atoms with van der Waals surface area (Å²) < 4.78 is 32.7. The first-order chi connectivity index (χ1) is 9.95. The molecule has 1 aromatic rings. The molecule has 5 nitrogen and oxygen atoms in total. The van der Waals surface area contributed by atoms with Crippen LogP contribution in [0.4, 0.5) is 0 Å². The highest BCUT2D eigenvalue weighted by molar-refractivity contribution is 7.89. The van der Waals surface area contributed by atoms with Crippen molar-refractivity contribution in [3.63, 3.8) is 0 Å². The van der Waals surface area contributed by atoms with E-state index in [1.165, 1.54) is 0 Å². The van der Waals surface area contributed by atoms with Crippen LogP contribution in [0.25, 0.3) is 0 Å². The van der Waals surface area contributed by atoms with Crippen molar-refractivity contribution in [2.75, 3.05) is 26.8 Å². The van der Waals surface area contributed by atoms with Gasteiger partial charge in [0.2, 0.25) is 10.0 Å². The third-order valence-corrected chi connectivity index (χ3v) is 5.42. The molecule has 0 radical (unpaired) electrons. The van der Waals surface area contributed by atoms with Gasteiger partial charge in [-0.15, -0.1) is 0 Å². The van der Waals surface area contributed by atoms with E-state index in [0.29, 0.717) is 24.7 Å². The lowest BCUT2D eigenvalue weighted by Gasteiger charge is -2.33. The average molecular weight is 312 g/mol. The van der Waals surface area contributed by atoms with E-state index < -0.39 is 10.0 Å². The molecule has 0 atom stereocenters. The third kappa shape index (κ3) is 4.51. The topological polar surface area (TPSA) is 67.4 Å². The molecule has 0 spiro atoms. The van der Waals surface area contributed by atoms with E-state index in [0.717, 1.165) is 24.9 Å². The summed E-state index contributed by atoms with van der Waals surface area (Å²) in [7, 11) is -1.58. The number of nitrogens with one attached hydrogen (secondary N) is 2. The van der Waals surface area contributed by atoms with Crippen molar-refractivity contribution in [1.82, 2.24) is 10.0 Å². The second kappa shape index (κ2) is 6.87. The van der Waals surface area contributed by atoms with Gasteiger partial charge in [0.25, 0.3) is 0 Å². The van der Waals surface area contributed by atoms with Gasteiger partial charge in [-0.05, 0) is 43.0 Å². The largest absolute Gasteiger partial charge is 0.381 e. The van der Waals surface area contributed by atoms with E-state index in [1.54, 1.807) is 12.1 Å². The first-order valence-corrected chi connectivity index (χ1v) is 8.74. The Morgan fingerprint density at radius 3 is 2.38 bits per heavy atom. The van der Waals surface area contributed by atoms with E-state index in [2.05, 4.69) is 17.0 Å². The molecule has 1 aliphatic heterocycles. The summed E-state index contributed by atoms with van der Waals surface area (Å²) >= 11 is 0. The van der Waals surface area contributed by atoms with Gasteiger partial charge in [-0.1, -0.05) is 19.1 Å². The van der Waals surface area contributed by atoms with Crippen LogP contribution in [0.5, 0.6) is 0 Å². The fourth-order valence-corrected chi connectivity index (χ4v) is 3.58. The monoisotopic (exact) mass is 312 g/mol. The van der Waals surface area contributed by atoms with Crippen molar-refractivity contribution in [1.29, 1.82) is 0 Å². The summed E-state index contributed by atoms with van der Waals surface area (Å²) in [6.45, 7) is 4.70. The van der Waals surface area contributed by atoms with Gasteiger partial charge in [0.1, 0.15) is 0 Å². The second-order valence-corrected chi connectivity index (χ2v) is 7.69. The Kier molecular flexibility index (Phi) is 5.37. The van der Waals surface area contributed by atoms with E-state index in [9.17, 15) is 8.42 Å². The van der Waals surface area contributed by atoms with Crippen LogP contribution in [0.1, 0.15) is 25.3 Å². The summed E-state index contributed by atoms with van der Waals surface area (Å²) in [6, 6.07) is 6.98. The van der Waals surface area contributed by atoms with Gasteiger partial charge in [0, 0.05) is 26.3 Å². The lowest BCUT2D eigenvalue weighted by molar-refractivity contribution is 0.0265. The van der Waals surface area contributed by atoms with Gasteiger partial charge in [0.15, 0.2) is 0 Å². The normalized spacial score (nSPS) is 18.6. The van der Waals surface area contributed by atoms with Crippen LogP contribution >= 0.6 is 0 Å². The molecular weight excluding hydrogens is 288 g/mol. The van der Waals surface area contributed by atoms with Gasteiger partial charge in [-0.2, -0.15) is 0 Å². The molecule has 6 heteroatoms. The number of ether oxygens (including phenoxy) is 1. The maximum Gasteiger partial charge on any atom is 0.240 e. The van der Waals surface area contributed by atoms with Crippen LogP contribution in [0.2, 0.25) is 0 Å². The first kappa shape index (κ1) is 16.4. The highest BCUT2D eigenvalue weighted by atomic mass is 32.2. The molecule has 1 saturated heterocycles. The Morgan fingerprint density at radius 2 is 1.81 bits per heavy atom. The SMILES string of the molecule is CNCc1ccc(S(=O)(=O)NCC2(C)CCOCC2)cc1.